The van der Waals surface area contributed by atoms with Gasteiger partial charge in [-0.3, -0.25) is 19.1 Å². The van der Waals surface area contributed by atoms with Crippen molar-refractivity contribution in [3.05, 3.63) is 55.2 Å². The Hall–Kier alpha value is -3.05. The molecule has 0 saturated heterocycles. The molecule has 3 N–H and O–H groups in total. The van der Waals surface area contributed by atoms with Crippen LogP contribution in [0, 0.1) is 11.3 Å². The Kier molecular flexibility index (Phi) is 4.33. The van der Waals surface area contributed by atoms with Crippen LogP contribution in [-0.2, 0) is 0 Å². The van der Waals surface area contributed by atoms with Crippen LogP contribution in [0.3, 0.4) is 0 Å². The Balaban J connectivity index is 1.85. The zero-order chi connectivity index (χ0) is 18.1. The molecule has 1 aliphatic rings. The summed E-state index contributed by atoms with van der Waals surface area (Å²) in [6, 6.07) is 6.17. The summed E-state index contributed by atoms with van der Waals surface area (Å²) in [5.74, 6) is -0.635. The van der Waals surface area contributed by atoms with Gasteiger partial charge >= 0.3 is 5.69 Å². The lowest BCUT2D eigenvalue weighted by atomic mass is 10.2. The van der Waals surface area contributed by atoms with Crippen LogP contribution in [-0.4, -0.2) is 21.9 Å². The van der Waals surface area contributed by atoms with Crippen molar-refractivity contribution in [3.8, 4) is 11.8 Å². The molecule has 9 heteroatoms. The van der Waals surface area contributed by atoms with Crippen molar-refractivity contribution in [1.29, 1.82) is 5.26 Å². The van der Waals surface area contributed by atoms with E-state index in [2.05, 4.69) is 4.98 Å². The van der Waals surface area contributed by atoms with Crippen LogP contribution >= 0.6 is 11.6 Å². The van der Waals surface area contributed by atoms with E-state index >= 15 is 0 Å². The summed E-state index contributed by atoms with van der Waals surface area (Å²) in [4.78, 5) is 38.3. The Labute approximate surface area is 146 Å². The van der Waals surface area contributed by atoms with Gasteiger partial charge in [-0.2, -0.15) is 5.26 Å². The number of carbonyl (C=O) groups is 1. The molecule has 128 valence electrons. The molecule has 0 amide bonds. The Morgan fingerprint density at radius 2 is 2.16 bits per heavy atom. The molecule has 3 rings (SSSR count). The van der Waals surface area contributed by atoms with Crippen LogP contribution in [0.4, 0.5) is 5.82 Å². The van der Waals surface area contributed by atoms with Crippen molar-refractivity contribution < 1.29 is 9.53 Å². The third-order valence-electron chi connectivity index (χ3n) is 3.79. The van der Waals surface area contributed by atoms with Crippen molar-refractivity contribution in [3.63, 3.8) is 0 Å². The number of rotatable bonds is 5. The van der Waals surface area contributed by atoms with Gasteiger partial charge in [0.05, 0.1) is 16.7 Å². The predicted molar refractivity (Wildman–Crippen MR) is 90.0 cm³/mol. The van der Waals surface area contributed by atoms with Crippen LogP contribution in [0.5, 0.6) is 5.75 Å². The summed E-state index contributed by atoms with van der Waals surface area (Å²) in [5, 5.41) is 8.96. The van der Waals surface area contributed by atoms with E-state index < -0.39 is 23.6 Å². The quantitative estimate of drug-likeness (QED) is 0.771. The van der Waals surface area contributed by atoms with Crippen molar-refractivity contribution in [2.24, 2.45) is 0 Å². The smallest absolute Gasteiger partial charge is 0.330 e. The van der Waals surface area contributed by atoms with Gasteiger partial charge in [0, 0.05) is 6.04 Å². The largest absolute Gasteiger partial charge is 0.484 e. The molecule has 1 aromatic carbocycles. The van der Waals surface area contributed by atoms with E-state index in [1.54, 1.807) is 0 Å². The average Bonchev–Trinajstić information content (AvgIpc) is 3.37. The molecule has 0 spiro atoms. The fourth-order valence-corrected chi connectivity index (χ4v) is 2.67. The number of Topliss-reactive ketones (excluding diaryl/α,β-unsaturated/α-hetero) is 1. The maximum atomic E-state index is 12.4. The van der Waals surface area contributed by atoms with Gasteiger partial charge < -0.3 is 10.5 Å². The number of ether oxygens (including phenoxy) is 1. The van der Waals surface area contributed by atoms with E-state index in [4.69, 9.17) is 27.3 Å². The van der Waals surface area contributed by atoms with E-state index in [0.717, 1.165) is 12.8 Å². The first kappa shape index (κ1) is 16.8. The molecule has 1 saturated carbocycles. The number of benzene rings is 1. The number of hydrogen-bond acceptors (Lipinski definition) is 6. The highest BCUT2D eigenvalue weighted by molar-refractivity contribution is 6.32. The first-order chi connectivity index (χ1) is 11.9. The van der Waals surface area contributed by atoms with Crippen molar-refractivity contribution >= 4 is 23.2 Å². The zero-order valence-electron chi connectivity index (χ0n) is 12.9. The number of nitrogens with one attached hydrogen (secondary N) is 1. The van der Waals surface area contributed by atoms with E-state index in [1.807, 2.05) is 6.07 Å². The lowest BCUT2D eigenvalue weighted by Gasteiger charge is -2.12. The number of hydrogen-bond donors (Lipinski definition) is 2. The second kappa shape index (κ2) is 6.45. The normalized spacial score (nSPS) is 13.3. The molecular formula is C16H13ClN4O4. The minimum absolute atomic E-state index is 0.0928. The second-order valence-electron chi connectivity index (χ2n) is 5.59. The minimum Gasteiger partial charge on any atom is -0.484 e. The molecule has 0 atom stereocenters. The van der Waals surface area contributed by atoms with Gasteiger partial charge in [0.1, 0.15) is 17.1 Å². The van der Waals surface area contributed by atoms with Gasteiger partial charge in [0.2, 0.25) is 5.78 Å². The molecule has 2 aromatic rings. The number of ketones is 1. The number of anilines is 1. The van der Waals surface area contributed by atoms with Gasteiger partial charge in [0.15, 0.2) is 6.61 Å². The van der Waals surface area contributed by atoms with Crippen LogP contribution in [0.15, 0.2) is 27.8 Å². The van der Waals surface area contributed by atoms with E-state index in [1.165, 1.54) is 22.8 Å². The molecule has 25 heavy (non-hydrogen) atoms. The van der Waals surface area contributed by atoms with Crippen LogP contribution in [0.1, 0.15) is 34.8 Å². The van der Waals surface area contributed by atoms with Crippen LogP contribution in [0.25, 0.3) is 0 Å². The van der Waals surface area contributed by atoms with Gasteiger partial charge in [-0.1, -0.05) is 11.6 Å². The number of carbonyl (C=O) groups excluding carboxylic acids is 1. The van der Waals surface area contributed by atoms with Crippen LogP contribution in [0.2, 0.25) is 5.02 Å². The maximum absolute atomic E-state index is 12.4. The predicted octanol–water partition coefficient (Wildman–Crippen LogP) is 1.24. The minimum atomic E-state index is -0.848. The maximum Gasteiger partial charge on any atom is 0.330 e. The molecule has 1 fully saturated rings. The SMILES string of the molecule is N#Cc1ccc(OCC(=O)c2c(N)n(C3CC3)c(=O)[nH]c2=O)c(Cl)c1. The van der Waals surface area contributed by atoms with E-state index in [9.17, 15) is 14.4 Å². The van der Waals surface area contributed by atoms with Gasteiger partial charge in [-0.05, 0) is 31.0 Å². The monoisotopic (exact) mass is 360 g/mol. The summed E-state index contributed by atoms with van der Waals surface area (Å²) >= 11 is 5.97. The topological polar surface area (TPSA) is 131 Å². The first-order valence-corrected chi connectivity index (χ1v) is 7.80. The lowest BCUT2D eigenvalue weighted by molar-refractivity contribution is 0.0920. The molecule has 0 aliphatic heterocycles. The van der Waals surface area contributed by atoms with Gasteiger partial charge in [-0.15, -0.1) is 0 Å². The third kappa shape index (κ3) is 3.27. The lowest BCUT2D eigenvalue weighted by Crippen LogP contribution is -2.36. The highest BCUT2D eigenvalue weighted by atomic mass is 35.5. The number of H-pyrrole nitrogens is 1. The standard InChI is InChI=1S/C16H13ClN4O4/c17-10-5-8(6-18)1-4-12(10)25-7-11(22)13-14(19)21(9-2-3-9)16(24)20-15(13)23/h1,4-5,9H,2-3,7,19H2,(H,20,23,24). The Morgan fingerprint density at radius 3 is 2.76 bits per heavy atom. The Morgan fingerprint density at radius 1 is 1.44 bits per heavy atom. The summed E-state index contributed by atoms with van der Waals surface area (Å²) < 4.78 is 6.55. The summed E-state index contributed by atoms with van der Waals surface area (Å²) in [7, 11) is 0. The number of aromatic amines is 1. The van der Waals surface area contributed by atoms with Gasteiger partial charge in [0.25, 0.3) is 5.56 Å². The second-order valence-corrected chi connectivity index (χ2v) is 6.00. The Bertz CT molecular complexity index is 1010. The molecule has 0 unspecified atom stereocenters. The average molecular weight is 361 g/mol. The fourth-order valence-electron chi connectivity index (χ4n) is 2.43. The molecule has 1 heterocycles. The molecule has 0 radical (unpaired) electrons. The summed E-state index contributed by atoms with van der Waals surface area (Å²) in [5.41, 5.74) is 4.43. The van der Waals surface area contributed by atoms with Crippen molar-refractivity contribution in [2.45, 2.75) is 18.9 Å². The zero-order valence-corrected chi connectivity index (χ0v) is 13.7. The summed E-state index contributed by atoms with van der Waals surface area (Å²) in [6.07, 6.45) is 1.53. The van der Waals surface area contributed by atoms with E-state index in [0.29, 0.717) is 5.56 Å². The number of halogens is 1. The molecule has 0 bridgehead atoms. The van der Waals surface area contributed by atoms with Gasteiger partial charge in [-0.25, -0.2) is 4.79 Å². The fraction of sp³-hybridized carbons (Fsp3) is 0.250. The highest BCUT2D eigenvalue weighted by Gasteiger charge is 2.30. The molecule has 8 nitrogen and oxygen atoms in total. The highest BCUT2D eigenvalue weighted by Crippen LogP contribution is 2.35. The van der Waals surface area contributed by atoms with Crippen molar-refractivity contribution in [1.82, 2.24) is 9.55 Å². The number of aromatic nitrogens is 2. The molecule has 1 aliphatic carbocycles. The molecular weight excluding hydrogens is 348 g/mol. The number of nitrogens with zero attached hydrogens (tertiary/aromatic N) is 2. The number of nitriles is 1. The molecule has 1 aromatic heterocycles. The number of nitrogens with two attached hydrogens (primary N) is 1. The summed E-state index contributed by atoms with van der Waals surface area (Å²) in [6.45, 7) is -0.484. The third-order valence-corrected chi connectivity index (χ3v) is 4.09. The number of nitrogen functional groups attached to an aromatic ring is 1. The van der Waals surface area contributed by atoms with Crippen molar-refractivity contribution in [2.75, 3.05) is 12.3 Å². The first-order valence-electron chi connectivity index (χ1n) is 7.42. The van der Waals surface area contributed by atoms with Crippen LogP contribution < -0.4 is 21.7 Å². The van der Waals surface area contributed by atoms with E-state index in [-0.39, 0.29) is 28.2 Å².